The number of hydrogen-bond donors (Lipinski definition) is 1. The van der Waals surface area contributed by atoms with Gasteiger partial charge in [0.1, 0.15) is 5.75 Å². The van der Waals surface area contributed by atoms with E-state index in [-0.39, 0.29) is 5.75 Å². The Labute approximate surface area is 133 Å². The molecule has 2 aromatic carbocycles. The highest BCUT2D eigenvalue weighted by Gasteiger charge is 2.19. The van der Waals surface area contributed by atoms with E-state index < -0.39 is 9.84 Å². The Morgan fingerprint density at radius 1 is 1.19 bits per heavy atom. The van der Waals surface area contributed by atoms with E-state index in [4.69, 9.17) is 10.5 Å². The predicted octanol–water partition coefficient (Wildman–Crippen LogP) is 3.32. The van der Waals surface area contributed by atoms with Crippen LogP contribution < -0.4 is 10.5 Å². The topological polar surface area (TPSA) is 69.4 Å². The Morgan fingerprint density at radius 3 is 2.52 bits per heavy atom. The SMILES string of the molecule is COc1ccc(Br)c(CS(=O)(=O)c2ccc(N)cc2C)c1. The van der Waals surface area contributed by atoms with E-state index in [1.165, 1.54) is 0 Å². The van der Waals surface area contributed by atoms with Crippen LogP contribution in [0.5, 0.6) is 5.75 Å². The first-order valence-corrected chi connectivity index (χ1v) is 8.69. The van der Waals surface area contributed by atoms with Crippen molar-refractivity contribution in [3.63, 3.8) is 0 Å². The smallest absolute Gasteiger partial charge is 0.182 e. The van der Waals surface area contributed by atoms with Gasteiger partial charge in [0.05, 0.1) is 17.8 Å². The van der Waals surface area contributed by atoms with Crippen LogP contribution in [-0.4, -0.2) is 15.5 Å². The third kappa shape index (κ3) is 3.57. The molecule has 0 amide bonds. The molecule has 0 atom stereocenters. The number of halogens is 1. The van der Waals surface area contributed by atoms with Crippen LogP contribution in [0, 0.1) is 6.92 Å². The van der Waals surface area contributed by atoms with Crippen molar-refractivity contribution in [2.45, 2.75) is 17.6 Å². The van der Waals surface area contributed by atoms with Gasteiger partial charge in [-0.2, -0.15) is 0 Å². The molecule has 0 radical (unpaired) electrons. The summed E-state index contributed by atoms with van der Waals surface area (Å²) in [5, 5.41) is 0. The van der Waals surface area contributed by atoms with Gasteiger partial charge in [-0.1, -0.05) is 15.9 Å². The van der Waals surface area contributed by atoms with Crippen LogP contribution in [0.1, 0.15) is 11.1 Å². The van der Waals surface area contributed by atoms with Crippen molar-refractivity contribution in [2.75, 3.05) is 12.8 Å². The minimum absolute atomic E-state index is 0.102. The van der Waals surface area contributed by atoms with Crippen LogP contribution in [0.25, 0.3) is 0 Å². The molecule has 0 heterocycles. The molecule has 2 rings (SSSR count). The Hall–Kier alpha value is -1.53. The van der Waals surface area contributed by atoms with Gasteiger partial charge in [0.15, 0.2) is 9.84 Å². The third-order valence-corrected chi connectivity index (χ3v) is 5.73. The van der Waals surface area contributed by atoms with Crippen molar-refractivity contribution >= 4 is 31.5 Å². The molecule has 0 bridgehead atoms. The van der Waals surface area contributed by atoms with Crippen LogP contribution in [-0.2, 0) is 15.6 Å². The average Bonchev–Trinajstić information content (AvgIpc) is 2.40. The Balaban J connectivity index is 2.42. The van der Waals surface area contributed by atoms with Crippen LogP contribution in [0.2, 0.25) is 0 Å². The van der Waals surface area contributed by atoms with Gasteiger partial charge in [-0.3, -0.25) is 0 Å². The lowest BCUT2D eigenvalue weighted by molar-refractivity contribution is 0.414. The number of ether oxygens (including phenoxy) is 1. The minimum atomic E-state index is -3.45. The fraction of sp³-hybridized carbons (Fsp3) is 0.200. The molecule has 0 saturated carbocycles. The van der Waals surface area contributed by atoms with Crippen molar-refractivity contribution in [1.82, 2.24) is 0 Å². The van der Waals surface area contributed by atoms with Crippen molar-refractivity contribution in [3.8, 4) is 5.75 Å². The number of hydrogen-bond acceptors (Lipinski definition) is 4. The molecule has 2 N–H and O–H groups in total. The van der Waals surface area contributed by atoms with Crippen LogP contribution >= 0.6 is 15.9 Å². The molecule has 6 heteroatoms. The number of aryl methyl sites for hydroxylation is 1. The third-order valence-electron chi connectivity index (χ3n) is 3.13. The van der Waals surface area contributed by atoms with Crippen molar-refractivity contribution in [2.24, 2.45) is 0 Å². The van der Waals surface area contributed by atoms with Gasteiger partial charge < -0.3 is 10.5 Å². The lowest BCUT2D eigenvalue weighted by atomic mass is 10.2. The minimum Gasteiger partial charge on any atom is -0.497 e. The summed E-state index contributed by atoms with van der Waals surface area (Å²) >= 11 is 3.37. The molecule has 4 nitrogen and oxygen atoms in total. The molecule has 0 aliphatic rings. The summed E-state index contributed by atoms with van der Waals surface area (Å²) in [7, 11) is -1.90. The van der Waals surface area contributed by atoms with Crippen LogP contribution in [0.15, 0.2) is 45.8 Å². The number of nitrogens with two attached hydrogens (primary N) is 1. The standard InChI is InChI=1S/C15H16BrNO3S/c1-10-7-12(17)3-6-15(10)21(18,19)9-11-8-13(20-2)4-5-14(11)16/h3-8H,9,17H2,1-2H3. The van der Waals surface area contributed by atoms with Crippen molar-refractivity contribution in [3.05, 3.63) is 52.0 Å². The molecule has 0 aliphatic heterocycles. The fourth-order valence-electron chi connectivity index (χ4n) is 2.09. The van der Waals surface area contributed by atoms with E-state index in [1.54, 1.807) is 50.4 Å². The second kappa shape index (κ2) is 6.07. The number of nitrogen functional groups attached to an aromatic ring is 1. The van der Waals surface area contributed by atoms with Crippen LogP contribution in [0.3, 0.4) is 0 Å². The first kappa shape index (κ1) is 15.9. The summed E-state index contributed by atoms with van der Waals surface area (Å²) in [4.78, 5) is 0.298. The lowest BCUT2D eigenvalue weighted by Crippen LogP contribution is -2.08. The molecule has 0 aromatic heterocycles. The Kier molecular flexibility index (Phi) is 4.58. The van der Waals surface area contributed by atoms with Gasteiger partial charge in [-0.05, 0) is 54.4 Å². The lowest BCUT2D eigenvalue weighted by Gasteiger charge is -2.11. The largest absolute Gasteiger partial charge is 0.497 e. The van der Waals surface area contributed by atoms with E-state index in [2.05, 4.69) is 15.9 Å². The molecule has 0 unspecified atom stereocenters. The van der Waals surface area contributed by atoms with Gasteiger partial charge in [-0.15, -0.1) is 0 Å². The van der Waals surface area contributed by atoms with E-state index >= 15 is 0 Å². The highest BCUT2D eigenvalue weighted by Crippen LogP contribution is 2.28. The molecule has 2 aromatic rings. The molecule has 0 fully saturated rings. The molecule has 0 saturated heterocycles. The highest BCUT2D eigenvalue weighted by atomic mass is 79.9. The summed E-state index contributed by atoms with van der Waals surface area (Å²) in [5.74, 6) is 0.521. The monoisotopic (exact) mass is 369 g/mol. The molecule has 0 aliphatic carbocycles. The fourth-order valence-corrected chi connectivity index (χ4v) is 4.29. The highest BCUT2D eigenvalue weighted by molar-refractivity contribution is 9.10. The molecular formula is C15H16BrNO3S. The number of sulfone groups is 1. The maximum absolute atomic E-state index is 12.6. The molecule has 21 heavy (non-hydrogen) atoms. The number of benzene rings is 2. The predicted molar refractivity (Wildman–Crippen MR) is 87.2 cm³/mol. The molecule has 112 valence electrons. The van der Waals surface area contributed by atoms with E-state index in [0.717, 1.165) is 4.47 Å². The summed E-state index contributed by atoms with van der Waals surface area (Å²) in [6.45, 7) is 1.74. The second-order valence-electron chi connectivity index (χ2n) is 4.74. The zero-order chi connectivity index (χ0) is 15.6. The first-order valence-electron chi connectivity index (χ1n) is 6.25. The zero-order valence-corrected chi connectivity index (χ0v) is 14.2. The average molecular weight is 370 g/mol. The van der Waals surface area contributed by atoms with E-state index in [0.29, 0.717) is 27.5 Å². The maximum Gasteiger partial charge on any atom is 0.182 e. The summed E-state index contributed by atoms with van der Waals surface area (Å²) in [6, 6.07) is 10.1. The van der Waals surface area contributed by atoms with Crippen LogP contribution in [0.4, 0.5) is 5.69 Å². The van der Waals surface area contributed by atoms with Gasteiger partial charge in [-0.25, -0.2) is 8.42 Å². The normalized spacial score (nSPS) is 11.4. The summed E-state index contributed by atoms with van der Waals surface area (Å²) in [6.07, 6.45) is 0. The van der Waals surface area contributed by atoms with Gasteiger partial charge in [0.2, 0.25) is 0 Å². The van der Waals surface area contributed by atoms with E-state index in [9.17, 15) is 8.42 Å². The number of anilines is 1. The number of rotatable bonds is 4. The second-order valence-corrected chi connectivity index (χ2v) is 7.55. The Bertz CT molecular complexity index is 772. The van der Waals surface area contributed by atoms with Gasteiger partial charge in [0, 0.05) is 10.2 Å². The van der Waals surface area contributed by atoms with Crippen molar-refractivity contribution < 1.29 is 13.2 Å². The van der Waals surface area contributed by atoms with Gasteiger partial charge >= 0.3 is 0 Å². The van der Waals surface area contributed by atoms with E-state index in [1.807, 2.05) is 0 Å². The quantitative estimate of drug-likeness (QED) is 0.839. The van der Waals surface area contributed by atoms with Crippen molar-refractivity contribution in [1.29, 1.82) is 0 Å². The maximum atomic E-state index is 12.6. The van der Waals surface area contributed by atoms with Gasteiger partial charge in [0.25, 0.3) is 0 Å². The summed E-state index contributed by atoms with van der Waals surface area (Å²) in [5.41, 5.74) is 7.52. The first-order chi connectivity index (χ1) is 9.83. The number of methoxy groups -OCH3 is 1. The Morgan fingerprint density at radius 2 is 1.90 bits per heavy atom. The molecular weight excluding hydrogens is 354 g/mol. The summed E-state index contributed by atoms with van der Waals surface area (Å²) < 4.78 is 31.0. The zero-order valence-electron chi connectivity index (χ0n) is 11.8. The molecule has 0 spiro atoms.